The van der Waals surface area contributed by atoms with Crippen LogP contribution < -0.4 is 0 Å². The Morgan fingerprint density at radius 2 is 1.88 bits per heavy atom. The van der Waals surface area contributed by atoms with E-state index in [1.807, 2.05) is 12.5 Å². The lowest BCUT2D eigenvalue weighted by Crippen LogP contribution is -2.12. The third kappa shape index (κ3) is 3.68. The van der Waals surface area contributed by atoms with Crippen LogP contribution in [0.25, 0.3) is 0 Å². The van der Waals surface area contributed by atoms with E-state index < -0.39 is 5.97 Å². The van der Waals surface area contributed by atoms with Gasteiger partial charge in [-0.25, -0.2) is 0 Å². The van der Waals surface area contributed by atoms with E-state index >= 15 is 0 Å². The van der Waals surface area contributed by atoms with Gasteiger partial charge in [-0.1, -0.05) is 6.92 Å². The lowest BCUT2D eigenvalue weighted by atomic mass is 10.0. The van der Waals surface area contributed by atoms with Crippen LogP contribution in [0.3, 0.4) is 0 Å². The van der Waals surface area contributed by atoms with Crippen LogP contribution in [-0.2, 0) is 11.2 Å². The fourth-order valence-electron chi connectivity index (χ4n) is 1.69. The Balaban J connectivity index is 3.08. The first-order valence-electron chi connectivity index (χ1n) is 5.44. The van der Waals surface area contributed by atoms with Crippen LogP contribution in [0, 0.1) is 12.8 Å². The molecule has 2 nitrogen and oxygen atoms in total. The van der Waals surface area contributed by atoms with E-state index in [4.69, 9.17) is 5.11 Å². The first-order chi connectivity index (χ1) is 7.99. The van der Waals surface area contributed by atoms with Crippen LogP contribution in [0.4, 0.5) is 0 Å². The Kier molecular flexibility index (Phi) is 5.40. The molecule has 17 heavy (non-hydrogen) atoms. The van der Waals surface area contributed by atoms with Crippen LogP contribution in [0.5, 0.6) is 0 Å². The fourth-order valence-corrected chi connectivity index (χ4v) is 3.03. The van der Waals surface area contributed by atoms with Crippen molar-refractivity contribution in [2.45, 2.75) is 30.1 Å². The van der Waals surface area contributed by atoms with Crippen molar-refractivity contribution in [3.8, 4) is 0 Å². The van der Waals surface area contributed by atoms with Gasteiger partial charge in [0.2, 0.25) is 0 Å². The summed E-state index contributed by atoms with van der Waals surface area (Å²) in [6.07, 6.45) is 4.67. The van der Waals surface area contributed by atoms with Crippen molar-refractivity contribution in [1.82, 2.24) is 0 Å². The minimum atomic E-state index is -0.733. The summed E-state index contributed by atoms with van der Waals surface area (Å²) in [5.41, 5.74) is 2.40. The van der Waals surface area contributed by atoms with Gasteiger partial charge in [-0.2, -0.15) is 0 Å². The van der Waals surface area contributed by atoms with Crippen LogP contribution in [0.2, 0.25) is 0 Å². The van der Waals surface area contributed by atoms with E-state index in [1.165, 1.54) is 15.4 Å². The summed E-state index contributed by atoms with van der Waals surface area (Å²) in [6.45, 7) is 3.85. The van der Waals surface area contributed by atoms with Crippen molar-refractivity contribution in [1.29, 1.82) is 0 Å². The number of thioether (sulfide) groups is 2. The normalized spacial score (nSPS) is 12.5. The lowest BCUT2D eigenvalue weighted by Gasteiger charge is -2.14. The van der Waals surface area contributed by atoms with Gasteiger partial charge in [0.05, 0.1) is 5.92 Å². The Morgan fingerprint density at radius 3 is 2.35 bits per heavy atom. The number of hydrogen-bond acceptors (Lipinski definition) is 3. The average molecular weight is 270 g/mol. The Bertz CT molecular complexity index is 416. The Labute approximate surface area is 111 Å². The molecule has 94 valence electrons. The molecule has 0 aliphatic carbocycles. The van der Waals surface area contributed by atoms with Gasteiger partial charge in [0, 0.05) is 9.79 Å². The van der Waals surface area contributed by atoms with Crippen molar-refractivity contribution in [3.63, 3.8) is 0 Å². The highest BCUT2D eigenvalue weighted by Gasteiger charge is 2.15. The zero-order valence-corrected chi connectivity index (χ0v) is 12.2. The summed E-state index contributed by atoms with van der Waals surface area (Å²) in [5.74, 6) is -1.07. The molecule has 0 saturated heterocycles. The van der Waals surface area contributed by atoms with E-state index in [0.717, 1.165) is 5.56 Å². The van der Waals surface area contributed by atoms with Gasteiger partial charge < -0.3 is 5.11 Å². The molecule has 1 atom stereocenters. The minimum absolute atomic E-state index is 0.335. The minimum Gasteiger partial charge on any atom is -0.481 e. The fraction of sp³-hybridized carbons (Fsp3) is 0.462. The van der Waals surface area contributed by atoms with Gasteiger partial charge in [0.15, 0.2) is 0 Å². The number of aliphatic carboxylic acids is 1. The molecule has 0 bridgehead atoms. The highest BCUT2D eigenvalue weighted by Crippen LogP contribution is 2.30. The number of carbonyl (C=O) groups is 1. The highest BCUT2D eigenvalue weighted by molar-refractivity contribution is 7.99. The van der Waals surface area contributed by atoms with Crippen LogP contribution in [-0.4, -0.2) is 23.6 Å². The van der Waals surface area contributed by atoms with E-state index in [-0.39, 0.29) is 5.92 Å². The summed E-state index contributed by atoms with van der Waals surface area (Å²) >= 11 is 3.39. The number of benzene rings is 1. The van der Waals surface area contributed by atoms with Crippen molar-refractivity contribution in [3.05, 3.63) is 23.3 Å². The summed E-state index contributed by atoms with van der Waals surface area (Å²) in [6, 6.07) is 4.28. The van der Waals surface area contributed by atoms with Gasteiger partial charge >= 0.3 is 5.97 Å². The topological polar surface area (TPSA) is 37.3 Å². The highest BCUT2D eigenvalue weighted by atomic mass is 32.2. The Hall–Kier alpha value is -0.610. The SMILES string of the molecule is CSc1cc(CC(C)C(=O)O)c(SC)cc1C. The molecule has 0 aliphatic rings. The van der Waals surface area contributed by atoms with Gasteiger partial charge in [-0.15, -0.1) is 23.5 Å². The zero-order chi connectivity index (χ0) is 13.0. The monoisotopic (exact) mass is 270 g/mol. The molecule has 0 aliphatic heterocycles. The summed E-state index contributed by atoms with van der Waals surface area (Å²) in [4.78, 5) is 13.3. The molecule has 1 N–H and O–H groups in total. The lowest BCUT2D eigenvalue weighted by molar-refractivity contribution is -0.141. The second kappa shape index (κ2) is 6.36. The second-order valence-electron chi connectivity index (χ2n) is 4.08. The van der Waals surface area contributed by atoms with E-state index in [0.29, 0.717) is 6.42 Å². The maximum Gasteiger partial charge on any atom is 0.306 e. The number of rotatable bonds is 5. The first kappa shape index (κ1) is 14.5. The molecule has 0 fully saturated rings. The largest absolute Gasteiger partial charge is 0.481 e. The molecule has 0 amide bonds. The molecule has 0 heterocycles. The molecular weight excluding hydrogens is 252 g/mol. The van der Waals surface area contributed by atoms with E-state index in [2.05, 4.69) is 19.1 Å². The molecule has 1 aromatic carbocycles. The van der Waals surface area contributed by atoms with E-state index in [9.17, 15) is 4.79 Å². The van der Waals surface area contributed by atoms with Crippen LogP contribution in [0.1, 0.15) is 18.1 Å². The number of aryl methyl sites for hydroxylation is 1. The van der Waals surface area contributed by atoms with Gasteiger partial charge in [-0.05, 0) is 49.1 Å². The van der Waals surface area contributed by atoms with Crippen molar-refractivity contribution < 1.29 is 9.90 Å². The third-order valence-electron chi connectivity index (χ3n) is 2.75. The van der Waals surface area contributed by atoms with E-state index in [1.54, 1.807) is 30.4 Å². The van der Waals surface area contributed by atoms with Crippen molar-refractivity contribution in [2.24, 2.45) is 5.92 Å². The van der Waals surface area contributed by atoms with Crippen LogP contribution in [0.15, 0.2) is 21.9 Å². The molecule has 0 aromatic heterocycles. The summed E-state index contributed by atoms with van der Waals surface area (Å²) in [5, 5.41) is 8.98. The predicted octanol–water partition coefficient (Wildman–Crippen LogP) is 3.70. The van der Waals surface area contributed by atoms with Crippen LogP contribution >= 0.6 is 23.5 Å². The molecule has 1 aromatic rings. The molecule has 0 saturated carbocycles. The summed E-state index contributed by atoms with van der Waals surface area (Å²) < 4.78 is 0. The maximum atomic E-state index is 10.9. The average Bonchev–Trinajstić information content (AvgIpc) is 2.30. The molecule has 1 unspecified atom stereocenters. The predicted molar refractivity (Wildman–Crippen MR) is 75.2 cm³/mol. The zero-order valence-electron chi connectivity index (χ0n) is 10.6. The van der Waals surface area contributed by atoms with Gasteiger partial charge in [0.25, 0.3) is 0 Å². The van der Waals surface area contributed by atoms with Gasteiger partial charge in [0.1, 0.15) is 0 Å². The smallest absolute Gasteiger partial charge is 0.306 e. The molecule has 0 radical (unpaired) electrons. The quantitative estimate of drug-likeness (QED) is 0.828. The van der Waals surface area contributed by atoms with Gasteiger partial charge in [-0.3, -0.25) is 4.79 Å². The Morgan fingerprint density at radius 1 is 1.29 bits per heavy atom. The number of carboxylic acids is 1. The third-order valence-corrected chi connectivity index (χ3v) is 4.45. The maximum absolute atomic E-state index is 10.9. The molecular formula is C13H18O2S2. The van der Waals surface area contributed by atoms with Crippen molar-refractivity contribution >= 4 is 29.5 Å². The standard InChI is InChI=1S/C13H18O2S2/c1-8-6-12(17-4)10(7-11(8)16-3)5-9(2)13(14)15/h6-7,9H,5H2,1-4H3,(H,14,15). The number of carboxylic acid groups (broad SMARTS) is 1. The molecule has 1 rings (SSSR count). The summed E-state index contributed by atoms with van der Waals surface area (Å²) in [7, 11) is 0. The number of hydrogen-bond donors (Lipinski definition) is 1. The molecule has 4 heteroatoms. The van der Waals surface area contributed by atoms with Crippen molar-refractivity contribution in [2.75, 3.05) is 12.5 Å². The first-order valence-corrected chi connectivity index (χ1v) is 7.88. The molecule has 0 spiro atoms. The second-order valence-corrected chi connectivity index (χ2v) is 5.77.